The second-order valence-electron chi connectivity index (χ2n) is 8.46. The molecule has 2 amide bonds. The summed E-state index contributed by atoms with van der Waals surface area (Å²) >= 11 is 0. The van der Waals surface area contributed by atoms with E-state index in [1.807, 2.05) is 24.3 Å². The Hall–Kier alpha value is -3.15. The first-order valence-corrected chi connectivity index (χ1v) is 10.1. The van der Waals surface area contributed by atoms with E-state index in [1.165, 1.54) is 7.11 Å². The van der Waals surface area contributed by atoms with Crippen molar-refractivity contribution in [3.8, 4) is 0 Å². The number of nitrogens with one attached hydrogen (secondary N) is 1. The molecule has 2 aromatic carbocycles. The van der Waals surface area contributed by atoms with Gasteiger partial charge >= 0.3 is 5.97 Å². The van der Waals surface area contributed by atoms with Gasteiger partial charge in [-0.2, -0.15) is 0 Å². The molecular weight excluding hydrogens is 380 g/mol. The summed E-state index contributed by atoms with van der Waals surface area (Å²) in [4.78, 5) is 38.4. The van der Waals surface area contributed by atoms with Crippen LogP contribution in [-0.2, 0) is 21.4 Å². The summed E-state index contributed by atoms with van der Waals surface area (Å²) in [7, 11) is 1.35. The molecule has 0 bridgehead atoms. The van der Waals surface area contributed by atoms with Crippen molar-refractivity contribution in [2.24, 2.45) is 0 Å². The van der Waals surface area contributed by atoms with Crippen LogP contribution in [0.2, 0.25) is 0 Å². The van der Waals surface area contributed by atoms with Crippen molar-refractivity contribution in [1.29, 1.82) is 0 Å². The molecule has 2 aromatic rings. The molecule has 30 heavy (non-hydrogen) atoms. The fraction of sp³-hybridized carbons (Fsp3) is 0.375. The molecule has 0 aliphatic carbocycles. The fourth-order valence-electron chi connectivity index (χ4n) is 3.55. The number of fused-ring (bicyclic) bond motifs is 1. The molecule has 6 nitrogen and oxygen atoms in total. The van der Waals surface area contributed by atoms with Crippen molar-refractivity contribution in [3.63, 3.8) is 0 Å². The summed E-state index contributed by atoms with van der Waals surface area (Å²) in [6.45, 7) is 7.22. The van der Waals surface area contributed by atoms with E-state index in [9.17, 15) is 14.4 Å². The largest absolute Gasteiger partial charge is 0.465 e. The quantitative estimate of drug-likeness (QED) is 0.769. The number of ether oxygens (including phenoxy) is 1. The third-order valence-corrected chi connectivity index (χ3v) is 5.33. The Morgan fingerprint density at radius 1 is 1.03 bits per heavy atom. The SMILES string of the molecule is COC(=O)c1ccc2c(c1)CCN2C(=O)CCNC(=O)c1ccc(C(C)(C)C)cc1. The molecule has 0 spiro atoms. The number of carbonyl (C=O) groups is 3. The molecule has 3 rings (SSSR count). The highest BCUT2D eigenvalue weighted by molar-refractivity contribution is 5.98. The summed E-state index contributed by atoms with van der Waals surface area (Å²) in [5.74, 6) is -0.628. The van der Waals surface area contributed by atoms with Gasteiger partial charge in [0.25, 0.3) is 5.91 Å². The molecule has 1 aliphatic rings. The first-order chi connectivity index (χ1) is 14.2. The van der Waals surface area contributed by atoms with Crippen LogP contribution in [0, 0.1) is 0 Å². The van der Waals surface area contributed by atoms with Gasteiger partial charge in [-0.3, -0.25) is 9.59 Å². The van der Waals surface area contributed by atoms with Crippen LogP contribution in [0.5, 0.6) is 0 Å². The summed E-state index contributed by atoms with van der Waals surface area (Å²) in [5.41, 5.74) is 4.03. The molecule has 0 unspecified atom stereocenters. The average molecular weight is 408 g/mol. The topological polar surface area (TPSA) is 75.7 Å². The normalized spacial score (nSPS) is 13.0. The van der Waals surface area contributed by atoms with Gasteiger partial charge in [-0.25, -0.2) is 4.79 Å². The Bertz CT molecular complexity index is 958. The number of anilines is 1. The van der Waals surface area contributed by atoms with Gasteiger partial charge in [-0.05, 0) is 53.3 Å². The van der Waals surface area contributed by atoms with E-state index in [0.29, 0.717) is 24.1 Å². The van der Waals surface area contributed by atoms with E-state index in [2.05, 4.69) is 26.1 Å². The maximum atomic E-state index is 12.6. The lowest BCUT2D eigenvalue weighted by molar-refractivity contribution is -0.118. The van der Waals surface area contributed by atoms with Crippen LogP contribution in [0.25, 0.3) is 0 Å². The van der Waals surface area contributed by atoms with Gasteiger partial charge in [-0.1, -0.05) is 32.9 Å². The molecule has 0 atom stereocenters. The third-order valence-electron chi connectivity index (χ3n) is 5.33. The lowest BCUT2D eigenvalue weighted by Crippen LogP contribution is -2.33. The second-order valence-corrected chi connectivity index (χ2v) is 8.46. The van der Waals surface area contributed by atoms with Crippen LogP contribution in [0.1, 0.15) is 59.0 Å². The standard InChI is InChI=1S/C24H28N2O4/c1-24(2,3)19-8-5-16(6-9-19)22(28)25-13-11-21(27)26-14-12-17-15-18(23(29)30-4)7-10-20(17)26/h5-10,15H,11-14H2,1-4H3,(H,25,28). The van der Waals surface area contributed by atoms with E-state index in [1.54, 1.807) is 23.1 Å². The molecular formula is C24H28N2O4. The van der Waals surface area contributed by atoms with Crippen LogP contribution in [-0.4, -0.2) is 38.0 Å². The first-order valence-electron chi connectivity index (χ1n) is 10.1. The van der Waals surface area contributed by atoms with Gasteiger partial charge in [0.15, 0.2) is 0 Å². The molecule has 0 saturated carbocycles. The summed E-state index contributed by atoms with van der Waals surface area (Å²) in [5, 5.41) is 2.82. The summed E-state index contributed by atoms with van der Waals surface area (Å²) in [6.07, 6.45) is 0.905. The van der Waals surface area contributed by atoms with E-state index in [0.717, 1.165) is 16.8 Å². The minimum absolute atomic E-state index is 0.0328. The summed E-state index contributed by atoms with van der Waals surface area (Å²) < 4.78 is 4.75. The number of methoxy groups -OCH3 is 1. The Kier molecular flexibility index (Phi) is 6.25. The smallest absolute Gasteiger partial charge is 0.337 e. The highest BCUT2D eigenvalue weighted by atomic mass is 16.5. The van der Waals surface area contributed by atoms with Crippen molar-refractivity contribution in [2.45, 2.75) is 39.0 Å². The van der Waals surface area contributed by atoms with Crippen LogP contribution in [0.15, 0.2) is 42.5 Å². The van der Waals surface area contributed by atoms with Gasteiger partial charge in [0, 0.05) is 30.8 Å². The Labute approximate surface area is 177 Å². The van der Waals surface area contributed by atoms with Gasteiger partial charge < -0.3 is 15.0 Å². The lowest BCUT2D eigenvalue weighted by atomic mass is 9.87. The fourth-order valence-corrected chi connectivity index (χ4v) is 3.55. The maximum Gasteiger partial charge on any atom is 0.337 e. The van der Waals surface area contributed by atoms with Gasteiger partial charge in [0.1, 0.15) is 0 Å². The Balaban J connectivity index is 1.55. The monoisotopic (exact) mass is 408 g/mol. The summed E-state index contributed by atoms with van der Waals surface area (Å²) in [6, 6.07) is 12.8. The van der Waals surface area contributed by atoms with Crippen LogP contribution in [0.3, 0.4) is 0 Å². The molecule has 1 heterocycles. The zero-order valence-corrected chi connectivity index (χ0v) is 18.0. The number of hydrogen-bond acceptors (Lipinski definition) is 4. The van der Waals surface area contributed by atoms with Crippen molar-refractivity contribution in [1.82, 2.24) is 5.32 Å². The molecule has 1 N–H and O–H groups in total. The number of carbonyl (C=O) groups excluding carboxylic acids is 3. The van der Waals surface area contributed by atoms with Crippen LogP contribution >= 0.6 is 0 Å². The van der Waals surface area contributed by atoms with Crippen LogP contribution in [0.4, 0.5) is 5.69 Å². The molecule has 1 aliphatic heterocycles. The minimum Gasteiger partial charge on any atom is -0.465 e. The van der Waals surface area contributed by atoms with Crippen molar-refractivity contribution >= 4 is 23.5 Å². The van der Waals surface area contributed by atoms with E-state index < -0.39 is 0 Å². The Morgan fingerprint density at radius 2 is 1.70 bits per heavy atom. The van der Waals surface area contributed by atoms with Gasteiger partial charge in [0.05, 0.1) is 12.7 Å². The molecule has 158 valence electrons. The highest BCUT2D eigenvalue weighted by Gasteiger charge is 2.25. The van der Waals surface area contributed by atoms with Gasteiger partial charge in [-0.15, -0.1) is 0 Å². The zero-order chi connectivity index (χ0) is 21.9. The molecule has 0 fully saturated rings. The molecule has 0 aromatic heterocycles. The second kappa shape index (κ2) is 8.69. The van der Waals surface area contributed by atoms with E-state index in [-0.39, 0.29) is 36.2 Å². The number of esters is 1. The first kappa shape index (κ1) is 21.6. The predicted molar refractivity (Wildman–Crippen MR) is 116 cm³/mol. The van der Waals surface area contributed by atoms with Crippen molar-refractivity contribution in [2.75, 3.05) is 25.1 Å². The van der Waals surface area contributed by atoms with Crippen LogP contribution < -0.4 is 10.2 Å². The number of benzene rings is 2. The number of hydrogen-bond donors (Lipinski definition) is 1. The van der Waals surface area contributed by atoms with E-state index >= 15 is 0 Å². The average Bonchev–Trinajstić information content (AvgIpc) is 3.15. The van der Waals surface area contributed by atoms with E-state index in [4.69, 9.17) is 4.74 Å². The number of amides is 2. The Morgan fingerprint density at radius 3 is 2.33 bits per heavy atom. The van der Waals surface area contributed by atoms with Crippen molar-refractivity contribution < 1.29 is 19.1 Å². The number of nitrogens with zero attached hydrogens (tertiary/aromatic N) is 1. The number of rotatable bonds is 5. The molecule has 0 radical (unpaired) electrons. The lowest BCUT2D eigenvalue weighted by Gasteiger charge is -2.19. The van der Waals surface area contributed by atoms with Gasteiger partial charge in [0.2, 0.25) is 5.91 Å². The maximum absolute atomic E-state index is 12.6. The predicted octanol–water partition coefficient (Wildman–Crippen LogP) is 3.48. The highest BCUT2D eigenvalue weighted by Crippen LogP contribution is 2.29. The minimum atomic E-state index is -0.388. The molecule has 6 heteroatoms. The van der Waals surface area contributed by atoms with Crippen molar-refractivity contribution in [3.05, 3.63) is 64.7 Å². The zero-order valence-electron chi connectivity index (χ0n) is 18.0. The molecule has 0 saturated heterocycles. The third kappa shape index (κ3) is 4.70.